The topological polar surface area (TPSA) is 39.7 Å². The van der Waals surface area contributed by atoms with Crippen LogP contribution >= 0.6 is 0 Å². The standard InChI is InChI=1S/C25H35NO3/c1-5-7-11-16-27-24-23(28-18-19-12-9-8-10-13-19)21-17-20(26-6-2)14-15-22(21)29-25(24,3)4/h8-10,12-15,17,23-24,26H,5-7,11,16,18H2,1-4H3. The second-order valence-electron chi connectivity index (χ2n) is 8.20. The summed E-state index contributed by atoms with van der Waals surface area (Å²) in [7, 11) is 0. The van der Waals surface area contributed by atoms with Gasteiger partial charge >= 0.3 is 0 Å². The van der Waals surface area contributed by atoms with Gasteiger partial charge in [-0.05, 0) is 51.0 Å². The summed E-state index contributed by atoms with van der Waals surface area (Å²) in [6, 6.07) is 16.6. The molecule has 1 aliphatic rings. The van der Waals surface area contributed by atoms with Gasteiger partial charge in [0.15, 0.2) is 0 Å². The van der Waals surface area contributed by atoms with Crippen LogP contribution in [0.1, 0.15) is 64.2 Å². The first kappa shape index (κ1) is 21.7. The zero-order valence-corrected chi connectivity index (χ0v) is 18.2. The number of fused-ring (bicyclic) bond motifs is 1. The molecule has 4 heteroatoms. The minimum Gasteiger partial charge on any atom is -0.485 e. The Balaban J connectivity index is 1.87. The van der Waals surface area contributed by atoms with Crippen LogP contribution in [0.4, 0.5) is 5.69 Å². The molecule has 0 fully saturated rings. The second-order valence-corrected chi connectivity index (χ2v) is 8.20. The van der Waals surface area contributed by atoms with E-state index in [-0.39, 0.29) is 12.2 Å². The lowest BCUT2D eigenvalue weighted by atomic mass is 9.87. The van der Waals surface area contributed by atoms with Gasteiger partial charge in [-0.15, -0.1) is 0 Å². The van der Waals surface area contributed by atoms with Crippen molar-refractivity contribution in [1.29, 1.82) is 0 Å². The maximum absolute atomic E-state index is 6.50. The average Bonchev–Trinajstić information content (AvgIpc) is 2.71. The number of benzene rings is 2. The first-order valence-corrected chi connectivity index (χ1v) is 10.9. The molecule has 1 heterocycles. The van der Waals surface area contributed by atoms with E-state index in [1.54, 1.807) is 0 Å². The molecule has 0 saturated carbocycles. The third-order valence-electron chi connectivity index (χ3n) is 5.35. The largest absolute Gasteiger partial charge is 0.485 e. The van der Waals surface area contributed by atoms with E-state index in [4.69, 9.17) is 14.2 Å². The number of nitrogens with one attached hydrogen (secondary N) is 1. The highest BCUT2D eigenvalue weighted by Gasteiger charge is 2.45. The summed E-state index contributed by atoms with van der Waals surface area (Å²) in [5.74, 6) is 0.878. The lowest BCUT2D eigenvalue weighted by Crippen LogP contribution is -2.51. The highest BCUT2D eigenvalue weighted by atomic mass is 16.6. The van der Waals surface area contributed by atoms with E-state index < -0.39 is 5.60 Å². The monoisotopic (exact) mass is 397 g/mol. The Morgan fingerprint density at radius 3 is 2.52 bits per heavy atom. The molecule has 0 aromatic heterocycles. The van der Waals surface area contributed by atoms with Crippen molar-refractivity contribution in [3.05, 3.63) is 59.7 Å². The van der Waals surface area contributed by atoms with Gasteiger partial charge in [-0.25, -0.2) is 0 Å². The van der Waals surface area contributed by atoms with E-state index in [2.05, 4.69) is 57.3 Å². The van der Waals surface area contributed by atoms with Crippen molar-refractivity contribution >= 4 is 5.69 Å². The van der Waals surface area contributed by atoms with Crippen molar-refractivity contribution in [2.24, 2.45) is 0 Å². The van der Waals surface area contributed by atoms with E-state index in [0.717, 1.165) is 42.1 Å². The minimum absolute atomic E-state index is 0.174. The summed E-state index contributed by atoms with van der Waals surface area (Å²) < 4.78 is 19.3. The molecule has 0 amide bonds. The fourth-order valence-electron chi connectivity index (χ4n) is 3.83. The number of rotatable bonds is 10. The maximum atomic E-state index is 6.50. The van der Waals surface area contributed by atoms with Crippen molar-refractivity contribution in [2.45, 2.75) is 71.4 Å². The van der Waals surface area contributed by atoms with E-state index in [1.807, 2.05) is 24.3 Å². The van der Waals surface area contributed by atoms with Crippen LogP contribution in [0.15, 0.2) is 48.5 Å². The van der Waals surface area contributed by atoms with Crippen LogP contribution in [-0.4, -0.2) is 24.9 Å². The maximum Gasteiger partial charge on any atom is 0.132 e. The molecule has 4 nitrogen and oxygen atoms in total. The Labute approximate surface area is 175 Å². The van der Waals surface area contributed by atoms with Gasteiger partial charge in [0.05, 0.1) is 6.61 Å². The normalized spacial score (nSPS) is 20.0. The lowest BCUT2D eigenvalue weighted by Gasteiger charge is -2.44. The van der Waals surface area contributed by atoms with E-state index in [0.29, 0.717) is 6.61 Å². The Bertz CT molecular complexity index is 760. The van der Waals surface area contributed by atoms with Crippen LogP contribution < -0.4 is 10.1 Å². The molecule has 3 rings (SSSR count). The third kappa shape index (κ3) is 5.52. The smallest absolute Gasteiger partial charge is 0.132 e. The first-order chi connectivity index (χ1) is 14.0. The molecular formula is C25H35NO3. The fourth-order valence-corrected chi connectivity index (χ4v) is 3.83. The number of anilines is 1. The van der Waals surface area contributed by atoms with Crippen molar-refractivity contribution in [2.75, 3.05) is 18.5 Å². The number of hydrogen-bond acceptors (Lipinski definition) is 4. The average molecular weight is 398 g/mol. The number of ether oxygens (including phenoxy) is 3. The fraction of sp³-hybridized carbons (Fsp3) is 0.520. The van der Waals surface area contributed by atoms with Crippen molar-refractivity contribution in [3.63, 3.8) is 0 Å². The predicted molar refractivity (Wildman–Crippen MR) is 119 cm³/mol. The summed E-state index contributed by atoms with van der Waals surface area (Å²) in [6.07, 6.45) is 3.04. The van der Waals surface area contributed by atoms with Gasteiger partial charge in [0.25, 0.3) is 0 Å². The highest BCUT2D eigenvalue weighted by Crippen LogP contribution is 2.44. The SMILES string of the molecule is CCCCCOC1C(OCc2ccccc2)c2cc(NCC)ccc2OC1(C)C. The Morgan fingerprint density at radius 1 is 1.00 bits per heavy atom. The molecular weight excluding hydrogens is 362 g/mol. The number of unbranched alkanes of at least 4 members (excludes halogenated alkanes) is 2. The Morgan fingerprint density at radius 2 is 1.79 bits per heavy atom. The van der Waals surface area contributed by atoms with E-state index in [1.165, 1.54) is 12.8 Å². The summed E-state index contributed by atoms with van der Waals surface area (Å²) in [4.78, 5) is 0. The van der Waals surface area contributed by atoms with Crippen LogP contribution in [0.25, 0.3) is 0 Å². The Kier molecular flexibility index (Phi) is 7.57. The lowest BCUT2D eigenvalue weighted by molar-refractivity contribution is -0.166. The zero-order chi connectivity index (χ0) is 20.7. The second kappa shape index (κ2) is 10.1. The quantitative estimate of drug-likeness (QED) is 0.490. The molecule has 1 aliphatic heterocycles. The van der Waals surface area contributed by atoms with Gasteiger partial charge in [0.2, 0.25) is 0 Å². The Hall–Kier alpha value is -2.04. The number of hydrogen-bond donors (Lipinski definition) is 1. The highest BCUT2D eigenvalue weighted by molar-refractivity contribution is 5.53. The first-order valence-electron chi connectivity index (χ1n) is 10.9. The molecule has 2 atom stereocenters. The van der Waals surface area contributed by atoms with Crippen molar-refractivity contribution in [3.8, 4) is 5.75 Å². The molecule has 0 saturated heterocycles. The summed E-state index contributed by atoms with van der Waals surface area (Å²) in [5.41, 5.74) is 2.82. The molecule has 2 aromatic carbocycles. The van der Waals surface area contributed by atoms with Crippen LogP contribution in [0.3, 0.4) is 0 Å². The zero-order valence-electron chi connectivity index (χ0n) is 18.2. The summed E-state index contributed by atoms with van der Waals surface area (Å²) in [6.45, 7) is 10.6. The predicted octanol–water partition coefficient (Wildman–Crippen LogP) is 6.12. The molecule has 0 spiro atoms. The van der Waals surface area contributed by atoms with Crippen LogP contribution in [0.2, 0.25) is 0 Å². The molecule has 0 aliphatic carbocycles. The van der Waals surface area contributed by atoms with Gasteiger partial charge < -0.3 is 19.5 Å². The van der Waals surface area contributed by atoms with E-state index in [9.17, 15) is 0 Å². The molecule has 2 unspecified atom stereocenters. The summed E-state index contributed by atoms with van der Waals surface area (Å²) in [5, 5.41) is 3.40. The minimum atomic E-state index is -0.472. The van der Waals surface area contributed by atoms with Crippen LogP contribution in [-0.2, 0) is 16.1 Å². The van der Waals surface area contributed by atoms with Crippen molar-refractivity contribution in [1.82, 2.24) is 0 Å². The van der Waals surface area contributed by atoms with Gasteiger partial charge in [-0.1, -0.05) is 50.1 Å². The van der Waals surface area contributed by atoms with Gasteiger partial charge in [0.1, 0.15) is 23.6 Å². The van der Waals surface area contributed by atoms with Crippen molar-refractivity contribution < 1.29 is 14.2 Å². The molecule has 1 N–H and O–H groups in total. The molecule has 2 aromatic rings. The summed E-state index contributed by atoms with van der Waals surface area (Å²) >= 11 is 0. The third-order valence-corrected chi connectivity index (χ3v) is 5.35. The van der Waals surface area contributed by atoms with Gasteiger partial charge in [-0.3, -0.25) is 0 Å². The van der Waals surface area contributed by atoms with Crippen LogP contribution in [0, 0.1) is 0 Å². The molecule has 158 valence electrons. The molecule has 29 heavy (non-hydrogen) atoms. The van der Waals surface area contributed by atoms with E-state index >= 15 is 0 Å². The van der Waals surface area contributed by atoms with Crippen LogP contribution in [0.5, 0.6) is 5.75 Å². The molecule has 0 bridgehead atoms. The molecule has 0 radical (unpaired) electrons. The van der Waals surface area contributed by atoms with Gasteiger partial charge in [-0.2, -0.15) is 0 Å². The van der Waals surface area contributed by atoms with Gasteiger partial charge in [0, 0.05) is 24.4 Å².